The molecule has 1 aliphatic heterocycles. The summed E-state index contributed by atoms with van der Waals surface area (Å²) >= 11 is 0. The number of carbonyl (C=O) groups is 1. The molecule has 3 heterocycles. The van der Waals surface area contributed by atoms with Crippen LogP contribution in [-0.4, -0.2) is 45.7 Å². The Labute approximate surface area is 198 Å². The van der Waals surface area contributed by atoms with E-state index in [9.17, 15) is 4.79 Å². The van der Waals surface area contributed by atoms with E-state index >= 15 is 0 Å². The fraction of sp³-hybridized carbons (Fsp3) is 0.308. The van der Waals surface area contributed by atoms with Gasteiger partial charge in [-0.2, -0.15) is 0 Å². The van der Waals surface area contributed by atoms with Crippen LogP contribution >= 0.6 is 0 Å². The number of anilines is 1. The molecule has 0 atom stereocenters. The third-order valence-electron chi connectivity index (χ3n) is 6.15. The fourth-order valence-corrected chi connectivity index (χ4v) is 4.32. The summed E-state index contributed by atoms with van der Waals surface area (Å²) in [5.74, 6) is 2.20. The summed E-state index contributed by atoms with van der Waals surface area (Å²) in [6.45, 7) is 1.54. The maximum Gasteiger partial charge on any atom is 0.229 e. The van der Waals surface area contributed by atoms with Crippen molar-refractivity contribution in [3.63, 3.8) is 0 Å². The van der Waals surface area contributed by atoms with Gasteiger partial charge in [0.25, 0.3) is 0 Å². The summed E-state index contributed by atoms with van der Waals surface area (Å²) < 4.78 is 12.8. The molecule has 1 amide bonds. The van der Waals surface area contributed by atoms with Crippen LogP contribution in [0.2, 0.25) is 0 Å². The highest BCUT2D eigenvalue weighted by atomic mass is 16.5. The van der Waals surface area contributed by atoms with Crippen LogP contribution in [0.25, 0.3) is 16.7 Å². The number of benzene rings is 2. The second-order valence-corrected chi connectivity index (χ2v) is 8.33. The van der Waals surface area contributed by atoms with Crippen molar-refractivity contribution in [2.75, 3.05) is 25.6 Å². The molecule has 0 bridgehead atoms. The van der Waals surface area contributed by atoms with Crippen molar-refractivity contribution < 1.29 is 14.3 Å². The Kier molecular flexibility index (Phi) is 6.49. The molecule has 2 aromatic carbocycles. The van der Waals surface area contributed by atoms with E-state index in [0.29, 0.717) is 18.3 Å². The predicted molar refractivity (Wildman–Crippen MR) is 129 cm³/mol. The second-order valence-electron chi connectivity index (χ2n) is 8.33. The number of fused-ring (bicyclic) bond motifs is 1. The summed E-state index contributed by atoms with van der Waals surface area (Å²) in [4.78, 5) is 26.1. The molecule has 5 rings (SSSR count). The first-order chi connectivity index (χ1) is 16.7. The van der Waals surface area contributed by atoms with E-state index in [1.807, 2.05) is 60.9 Å². The average molecular weight is 458 g/mol. The molecule has 0 saturated carbocycles. The molecule has 0 radical (unpaired) electrons. The smallest absolute Gasteiger partial charge is 0.229 e. The van der Waals surface area contributed by atoms with Crippen LogP contribution in [0, 0.1) is 0 Å². The minimum absolute atomic E-state index is 0.146. The number of nitrogens with zero attached hydrogens (tertiary/aromatic N) is 4. The first kappa shape index (κ1) is 22.0. The number of aromatic nitrogens is 4. The number of methoxy groups -OCH3 is 1. The molecule has 0 unspecified atom stereocenters. The van der Waals surface area contributed by atoms with Crippen molar-refractivity contribution in [3.05, 3.63) is 72.3 Å². The van der Waals surface area contributed by atoms with Gasteiger partial charge in [-0.15, -0.1) is 0 Å². The van der Waals surface area contributed by atoms with Gasteiger partial charge in [-0.25, -0.2) is 15.0 Å². The number of aryl methyl sites for hydroxylation is 1. The Morgan fingerprint density at radius 3 is 2.56 bits per heavy atom. The number of hydrogen-bond acceptors (Lipinski definition) is 6. The van der Waals surface area contributed by atoms with Crippen LogP contribution in [0.5, 0.6) is 5.75 Å². The van der Waals surface area contributed by atoms with Gasteiger partial charge in [0.2, 0.25) is 11.9 Å². The Morgan fingerprint density at radius 2 is 1.82 bits per heavy atom. The number of para-hydroxylation sites is 2. The summed E-state index contributed by atoms with van der Waals surface area (Å²) in [7, 11) is 1.65. The highest BCUT2D eigenvalue weighted by Crippen LogP contribution is 2.26. The summed E-state index contributed by atoms with van der Waals surface area (Å²) in [6, 6.07) is 15.8. The lowest BCUT2D eigenvalue weighted by molar-refractivity contribution is -0.116. The van der Waals surface area contributed by atoms with E-state index < -0.39 is 0 Å². The Bertz CT molecular complexity index is 1260. The summed E-state index contributed by atoms with van der Waals surface area (Å²) in [6.07, 6.45) is 6.31. The Balaban J connectivity index is 1.28. The van der Waals surface area contributed by atoms with Crippen LogP contribution in [-0.2, 0) is 16.0 Å². The monoisotopic (exact) mass is 457 g/mol. The number of rotatable bonds is 7. The van der Waals surface area contributed by atoms with Gasteiger partial charge in [-0.3, -0.25) is 14.7 Å². The highest BCUT2D eigenvalue weighted by molar-refractivity contribution is 5.89. The van der Waals surface area contributed by atoms with Crippen molar-refractivity contribution in [3.8, 4) is 11.4 Å². The normalized spacial score (nSPS) is 14.3. The largest absolute Gasteiger partial charge is 0.497 e. The summed E-state index contributed by atoms with van der Waals surface area (Å²) in [5, 5.41) is 2.81. The highest BCUT2D eigenvalue weighted by Gasteiger charge is 2.17. The standard InChI is InChI=1S/C26H27N5O3/c1-33-21-8-6-20(7-9-21)31-23-5-3-2-4-22(23)29-24(31)10-11-25(32)30-26-27-16-19(17-28-26)18-12-14-34-15-13-18/h2-9,16-18H,10-15H2,1H3,(H,27,28,30,32). The first-order valence-corrected chi connectivity index (χ1v) is 11.5. The molecule has 8 nitrogen and oxygen atoms in total. The summed E-state index contributed by atoms with van der Waals surface area (Å²) in [5.41, 5.74) is 3.95. The number of ether oxygens (including phenoxy) is 2. The number of amides is 1. The topological polar surface area (TPSA) is 91.2 Å². The second kappa shape index (κ2) is 10.0. The van der Waals surface area contributed by atoms with Gasteiger partial charge in [0, 0.05) is 44.1 Å². The van der Waals surface area contributed by atoms with Crippen LogP contribution in [0.3, 0.4) is 0 Å². The van der Waals surface area contributed by atoms with Crippen LogP contribution in [0.4, 0.5) is 5.95 Å². The molecule has 0 spiro atoms. The average Bonchev–Trinajstić information content (AvgIpc) is 3.27. The van der Waals surface area contributed by atoms with Gasteiger partial charge in [0.05, 0.1) is 18.1 Å². The van der Waals surface area contributed by atoms with E-state index in [4.69, 9.17) is 14.5 Å². The zero-order chi connectivity index (χ0) is 23.3. The molecule has 1 aliphatic rings. The van der Waals surface area contributed by atoms with Gasteiger partial charge in [0.1, 0.15) is 11.6 Å². The molecular formula is C26H27N5O3. The van der Waals surface area contributed by atoms with Crippen molar-refractivity contribution >= 4 is 22.9 Å². The number of imidazole rings is 1. The van der Waals surface area contributed by atoms with Crippen LogP contribution < -0.4 is 10.1 Å². The molecule has 1 N–H and O–H groups in total. The van der Waals surface area contributed by atoms with Gasteiger partial charge in [-0.05, 0) is 60.7 Å². The lowest BCUT2D eigenvalue weighted by atomic mass is 9.94. The van der Waals surface area contributed by atoms with E-state index in [-0.39, 0.29) is 12.3 Å². The SMILES string of the molecule is COc1ccc(-n2c(CCC(=O)Nc3ncc(C4CCOCC4)cn3)nc3ccccc32)cc1. The maximum atomic E-state index is 12.7. The van der Waals surface area contributed by atoms with Crippen LogP contribution in [0.15, 0.2) is 60.9 Å². The fourth-order valence-electron chi connectivity index (χ4n) is 4.32. The quantitative estimate of drug-likeness (QED) is 0.445. The molecular weight excluding hydrogens is 430 g/mol. The third-order valence-corrected chi connectivity index (χ3v) is 6.15. The van der Waals surface area contributed by atoms with Crippen molar-refractivity contribution in [1.29, 1.82) is 0 Å². The number of hydrogen-bond donors (Lipinski definition) is 1. The van der Waals surface area contributed by atoms with E-state index in [2.05, 4.69) is 19.9 Å². The predicted octanol–water partition coefficient (Wildman–Crippen LogP) is 4.29. The first-order valence-electron chi connectivity index (χ1n) is 11.5. The van der Waals surface area contributed by atoms with Gasteiger partial charge >= 0.3 is 0 Å². The minimum Gasteiger partial charge on any atom is -0.497 e. The molecule has 8 heteroatoms. The molecule has 2 aromatic heterocycles. The minimum atomic E-state index is -0.146. The Hall–Kier alpha value is -3.78. The molecule has 174 valence electrons. The Morgan fingerprint density at radius 1 is 1.09 bits per heavy atom. The molecule has 1 saturated heterocycles. The van der Waals surface area contributed by atoms with E-state index in [1.54, 1.807) is 7.11 Å². The van der Waals surface area contributed by atoms with Gasteiger partial charge in [-0.1, -0.05) is 12.1 Å². The maximum absolute atomic E-state index is 12.7. The number of carbonyl (C=O) groups excluding carboxylic acids is 1. The lowest BCUT2D eigenvalue weighted by Crippen LogP contribution is -2.17. The van der Waals surface area contributed by atoms with Gasteiger partial charge < -0.3 is 9.47 Å². The lowest BCUT2D eigenvalue weighted by Gasteiger charge is -2.21. The third kappa shape index (κ3) is 4.77. The van der Waals surface area contributed by atoms with Crippen molar-refractivity contribution in [1.82, 2.24) is 19.5 Å². The van der Waals surface area contributed by atoms with Crippen LogP contribution in [0.1, 0.15) is 36.6 Å². The number of nitrogens with one attached hydrogen (secondary N) is 1. The molecule has 1 fully saturated rings. The van der Waals surface area contributed by atoms with E-state index in [1.165, 1.54) is 0 Å². The van der Waals surface area contributed by atoms with Crippen molar-refractivity contribution in [2.45, 2.75) is 31.6 Å². The van der Waals surface area contributed by atoms with E-state index in [0.717, 1.165) is 59.9 Å². The zero-order valence-corrected chi connectivity index (χ0v) is 19.1. The van der Waals surface area contributed by atoms with Gasteiger partial charge in [0.15, 0.2) is 0 Å². The molecule has 34 heavy (non-hydrogen) atoms. The molecule has 4 aromatic rings. The zero-order valence-electron chi connectivity index (χ0n) is 19.1. The van der Waals surface area contributed by atoms with Crippen molar-refractivity contribution in [2.24, 2.45) is 0 Å². The molecule has 0 aliphatic carbocycles.